The molecule has 0 fully saturated rings. The van der Waals surface area contributed by atoms with E-state index in [9.17, 15) is 10.2 Å². The van der Waals surface area contributed by atoms with Gasteiger partial charge in [0.25, 0.3) is 5.95 Å². The van der Waals surface area contributed by atoms with Crippen LogP contribution >= 0.6 is 0 Å². The Labute approximate surface area is 109 Å². The first-order valence-corrected chi connectivity index (χ1v) is 5.75. The zero-order valence-corrected chi connectivity index (χ0v) is 9.92. The molecule has 1 heterocycles. The Bertz CT molecular complexity index is 760. The Morgan fingerprint density at radius 2 is 1.74 bits per heavy atom. The molecular formula is C15H11NO3. The molecule has 0 spiro atoms. The van der Waals surface area contributed by atoms with Crippen LogP contribution < -0.4 is 0 Å². The highest BCUT2D eigenvalue weighted by atomic mass is 16.5. The largest absolute Gasteiger partial charge is 0.508 e. The molecule has 2 aromatic carbocycles. The lowest BCUT2D eigenvalue weighted by atomic mass is 10.0. The summed E-state index contributed by atoms with van der Waals surface area (Å²) in [4.78, 5) is 0. The summed E-state index contributed by atoms with van der Waals surface area (Å²) >= 11 is 0. The predicted octanol–water partition coefficient (Wildman–Crippen LogP) is 3.26. The van der Waals surface area contributed by atoms with Crippen molar-refractivity contribution in [1.29, 1.82) is 5.41 Å². The number of aromatic hydroxyl groups is 2. The van der Waals surface area contributed by atoms with Gasteiger partial charge in [-0.1, -0.05) is 30.3 Å². The van der Waals surface area contributed by atoms with E-state index in [0.717, 1.165) is 0 Å². The van der Waals surface area contributed by atoms with Crippen molar-refractivity contribution >= 4 is 16.7 Å². The van der Waals surface area contributed by atoms with Crippen LogP contribution in [0.15, 0.2) is 52.9 Å². The molecule has 19 heavy (non-hydrogen) atoms. The van der Waals surface area contributed by atoms with Crippen LogP contribution in [0.4, 0.5) is 0 Å². The van der Waals surface area contributed by atoms with E-state index in [1.165, 1.54) is 12.1 Å². The van der Waals surface area contributed by atoms with E-state index >= 15 is 0 Å². The second-order valence-electron chi connectivity index (χ2n) is 4.20. The first-order chi connectivity index (χ1) is 9.16. The van der Waals surface area contributed by atoms with Gasteiger partial charge in [0.2, 0.25) is 0 Å². The molecule has 0 bridgehead atoms. The molecule has 0 aliphatic rings. The summed E-state index contributed by atoms with van der Waals surface area (Å²) < 4.78 is 5.20. The van der Waals surface area contributed by atoms with Gasteiger partial charge in [0.05, 0.1) is 11.3 Å². The summed E-state index contributed by atoms with van der Waals surface area (Å²) in [5.74, 6) is -0.245. The Morgan fingerprint density at radius 1 is 1.00 bits per heavy atom. The summed E-state index contributed by atoms with van der Waals surface area (Å²) in [6.07, 6.45) is 0. The minimum atomic E-state index is -0.311. The molecule has 3 rings (SSSR count). The maximum absolute atomic E-state index is 9.87. The van der Waals surface area contributed by atoms with Crippen LogP contribution in [0.25, 0.3) is 11.0 Å². The van der Waals surface area contributed by atoms with Crippen molar-refractivity contribution < 1.29 is 14.6 Å². The highest BCUT2D eigenvalue weighted by Crippen LogP contribution is 2.34. The SMILES string of the molecule is N=C(c1ccccc1)c1c(O)oc2ccc(O)cc12. The van der Waals surface area contributed by atoms with Crippen molar-refractivity contribution in [1.82, 2.24) is 0 Å². The molecule has 3 aromatic rings. The summed E-state index contributed by atoms with van der Waals surface area (Å²) in [6, 6.07) is 13.6. The molecule has 94 valence electrons. The maximum Gasteiger partial charge on any atom is 0.292 e. The summed E-state index contributed by atoms with van der Waals surface area (Å²) in [7, 11) is 0. The fourth-order valence-electron chi connectivity index (χ4n) is 2.06. The van der Waals surface area contributed by atoms with Crippen LogP contribution in [0.3, 0.4) is 0 Å². The van der Waals surface area contributed by atoms with Crippen LogP contribution in [0.1, 0.15) is 11.1 Å². The monoisotopic (exact) mass is 253 g/mol. The standard InChI is InChI=1S/C15H11NO3/c16-14(9-4-2-1-3-5-9)13-11-8-10(17)6-7-12(11)19-15(13)18/h1-8,16-18H. The minimum Gasteiger partial charge on any atom is -0.508 e. The molecule has 0 unspecified atom stereocenters. The van der Waals surface area contributed by atoms with Crippen molar-refractivity contribution in [3.8, 4) is 11.7 Å². The number of phenols is 1. The van der Waals surface area contributed by atoms with Crippen LogP contribution in [-0.2, 0) is 0 Å². The van der Waals surface area contributed by atoms with Gasteiger partial charge in [-0.15, -0.1) is 0 Å². The normalized spacial score (nSPS) is 10.7. The molecule has 3 N–H and O–H groups in total. The van der Waals surface area contributed by atoms with Crippen molar-refractivity contribution in [2.75, 3.05) is 0 Å². The van der Waals surface area contributed by atoms with Gasteiger partial charge >= 0.3 is 0 Å². The molecule has 1 aromatic heterocycles. The molecule has 0 saturated carbocycles. The second kappa shape index (κ2) is 4.17. The molecular weight excluding hydrogens is 242 g/mol. The number of nitrogens with one attached hydrogen (secondary N) is 1. The average Bonchev–Trinajstić information content (AvgIpc) is 2.74. The topological polar surface area (TPSA) is 77.5 Å². The third kappa shape index (κ3) is 1.83. The number of benzene rings is 2. The lowest BCUT2D eigenvalue weighted by molar-refractivity contribution is 0.345. The van der Waals surface area contributed by atoms with Crippen LogP contribution in [0.2, 0.25) is 0 Å². The molecule has 0 aliphatic carbocycles. The van der Waals surface area contributed by atoms with Crippen LogP contribution in [-0.4, -0.2) is 15.9 Å². The van der Waals surface area contributed by atoms with Crippen LogP contribution in [0.5, 0.6) is 11.7 Å². The maximum atomic E-state index is 9.87. The second-order valence-corrected chi connectivity index (χ2v) is 4.20. The number of rotatable bonds is 2. The quantitative estimate of drug-likeness (QED) is 0.613. The number of hydrogen-bond donors (Lipinski definition) is 3. The summed E-state index contributed by atoms with van der Waals surface area (Å²) in [5.41, 5.74) is 1.55. The summed E-state index contributed by atoms with van der Waals surface area (Å²) in [5, 5.41) is 28.1. The zero-order chi connectivity index (χ0) is 13.4. The molecule has 4 nitrogen and oxygen atoms in total. The predicted molar refractivity (Wildman–Crippen MR) is 71.9 cm³/mol. The van der Waals surface area contributed by atoms with Gasteiger partial charge in [0.1, 0.15) is 11.3 Å². The van der Waals surface area contributed by atoms with Crippen molar-refractivity contribution in [3.63, 3.8) is 0 Å². The average molecular weight is 253 g/mol. The van der Waals surface area contributed by atoms with E-state index < -0.39 is 0 Å². The van der Waals surface area contributed by atoms with Gasteiger partial charge in [0.15, 0.2) is 0 Å². The fraction of sp³-hybridized carbons (Fsp3) is 0. The number of hydrogen-bond acceptors (Lipinski definition) is 4. The Balaban J connectivity index is 2.22. The highest BCUT2D eigenvalue weighted by molar-refractivity contribution is 6.19. The highest BCUT2D eigenvalue weighted by Gasteiger charge is 2.19. The van der Waals surface area contributed by atoms with Gasteiger partial charge in [-0.2, -0.15) is 0 Å². The minimum absolute atomic E-state index is 0.0652. The van der Waals surface area contributed by atoms with Crippen LogP contribution in [0, 0.1) is 5.41 Å². The van der Waals surface area contributed by atoms with Crippen molar-refractivity contribution in [3.05, 3.63) is 59.7 Å². The van der Waals surface area contributed by atoms with Gasteiger partial charge in [-0.05, 0) is 18.2 Å². The molecule has 0 atom stereocenters. The zero-order valence-electron chi connectivity index (χ0n) is 9.92. The fourth-order valence-corrected chi connectivity index (χ4v) is 2.06. The lowest BCUT2D eigenvalue weighted by Crippen LogP contribution is -2.00. The Kier molecular flexibility index (Phi) is 2.49. The van der Waals surface area contributed by atoms with Gasteiger partial charge in [-0.3, -0.25) is 5.41 Å². The Hall–Kier alpha value is -2.75. The van der Waals surface area contributed by atoms with E-state index in [-0.39, 0.29) is 23.0 Å². The first-order valence-electron chi connectivity index (χ1n) is 5.75. The first kappa shape index (κ1) is 11.3. The van der Waals surface area contributed by atoms with E-state index in [0.29, 0.717) is 16.5 Å². The third-order valence-corrected chi connectivity index (χ3v) is 2.97. The summed E-state index contributed by atoms with van der Waals surface area (Å²) in [6.45, 7) is 0. The van der Waals surface area contributed by atoms with Crippen molar-refractivity contribution in [2.45, 2.75) is 0 Å². The number of fused-ring (bicyclic) bond motifs is 1. The number of furan rings is 1. The molecule has 4 heteroatoms. The van der Waals surface area contributed by atoms with E-state index in [1.54, 1.807) is 18.2 Å². The van der Waals surface area contributed by atoms with E-state index in [2.05, 4.69) is 0 Å². The Morgan fingerprint density at radius 3 is 2.47 bits per heavy atom. The van der Waals surface area contributed by atoms with Gasteiger partial charge in [-0.25, -0.2) is 0 Å². The van der Waals surface area contributed by atoms with E-state index in [1.807, 2.05) is 18.2 Å². The smallest absolute Gasteiger partial charge is 0.292 e. The molecule has 0 radical (unpaired) electrons. The van der Waals surface area contributed by atoms with Gasteiger partial charge in [0, 0.05) is 10.9 Å². The third-order valence-electron chi connectivity index (χ3n) is 2.97. The van der Waals surface area contributed by atoms with Gasteiger partial charge < -0.3 is 14.6 Å². The molecule has 0 saturated heterocycles. The van der Waals surface area contributed by atoms with E-state index in [4.69, 9.17) is 9.83 Å². The molecule has 0 amide bonds. The number of phenolic OH excluding ortho intramolecular Hbond substituents is 1. The lowest BCUT2D eigenvalue weighted by Gasteiger charge is -2.02. The van der Waals surface area contributed by atoms with Crippen molar-refractivity contribution in [2.24, 2.45) is 0 Å². The molecule has 0 aliphatic heterocycles.